The van der Waals surface area contributed by atoms with Crippen LogP contribution in [0.4, 0.5) is 5.69 Å². The van der Waals surface area contributed by atoms with E-state index in [-0.39, 0.29) is 5.75 Å². The summed E-state index contributed by atoms with van der Waals surface area (Å²) in [7, 11) is -3.53. The van der Waals surface area contributed by atoms with Gasteiger partial charge in [-0.2, -0.15) is 0 Å². The second-order valence-corrected chi connectivity index (χ2v) is 6.02. The number of carbonyl (C=O) groups is 1. The van der Waals surface area contributed by atoms with E-state index in [4.69, 9.17) is 11.6 Å². The zero-order chi connectivity index (χ0) is 13.1. The molecule has 1 atom stereocenters. The van der Waals surface area contributed by atoms with Gasteiger partial charge >= 0.3 is 0 Å². The number of nitrogens with zero attached hydrogens (tertiary/aromatic N) is 1. The summed E-state index contributed by atoms with van der Waals surface area (Å²) in [6.45, 7) is 2.99. The Balaban J connectivity index is 3.27. The predicted octanol–water partition coefficient (Wildman–Crippen LogP) is 2.00. The van der Waals surface area contributed by atoms with Crippen molar-refractivity contribution in [1.29, 1.82) is 0 Å². The summed E-state index contributed by atoms with van der Waals surface area (Å²) in [5, 5.41) is -0.703. The monoisotopic (exact) mass is 275 g/mol. The maximum atomic E-state index is 12.0. The lowest BCUT2D eigenvalue weighted by molar-refractivity contribution is -0.112. The number of hydrogen-bond acceptors (Lipinski definition) is 3. The first-order valence-electron chi connectivity index (χ1n) is 5.16. The van der Waals surface area contributed by atoms with Gasteiger partial charge in [0.05, 0.1) is 11.4 Å². The summed E-state index contributed by atoms with van der Waals surface area (Å²) in [4.78, 5) is 11.2. The molecule has 0 amide bonds. The van der Waals surface area contributed by atoms with Crippen LogP contribution in [0.25, 0.3) is 0 Å². The summed E-state index contributed by atoms with van der Waals surface area (Å²) in [6.07, 6.45) is 0. The van der Waals surface area contributed by atoms with Gasteiger partial charge in [0, 0.05) is 0 Å². The van der Waals surface area contributed by atoms with Crippen molar-refractivity contribution in [3.05, 3.63) is 30.3 Å². The van der Waals surface area contributed by atoms with E-state index in [1.807, 2.05) is 0 Å². The molecular formula is C11H14ClNO3S. The lowest BCUT2D eigenvalue weighted by Crippen LogP contribution is -2.42. The Bertz CT molecular complexity index is 487. The fraction of sp³-hybridized carbons (Fsp3) is 0.364. The van der Waals surface area contributed by atoms with Gasteiger partial charge in [-0.05, 0) is 37.6 Å². The number of para-hydroxylation sites is 1. The summed E-state index contributed by atoms with van der Waals surface area (Å²) in [5.41, 5.74) is 0.441. The Morgan fingerprint density at radius 3 is 2.29 bits per heavy atom. The molecule has 0 aliphatic heterocycles. The molecule has 1 unspecified atom stereocenters. The first-order valence-corrected chi connectivity index (χ1v) is 7.15. The van der Waals surface area contributed by atoms with Crippen molar-refractivity contribution >= 4 is 32.6 Å². The number of benzene rings is 1. The third-order valence-corrected chi connectivity index (χ3v) is 4.53. The highest BCUT2D eigenvalue weighted by Crippen LogP contribution is 2.22. The second-order valence-electron chi connectivity index (χ2n) is 3.51. The van der Waals surface area contributed by atoms with E-state index in [1.54, 1.807) is 30.3 Å². The third-order valence-electron chi connectivity index (χ3n) is 2.36. The molecule has 1 aromatic carbocycles. The molecule has 6 heteroatoms. The summed E-state index contributed by atoms with van der Waals surface area (Å²) >= 11 is 5.39. The van der Waals surface area contributed by atoms with E-state index < -0.39 is 21.3 Å². The van der Waals surface area contributed by atoms with Crippen molar-refractivity contribution in [1.82, 2.24) is 0 Å². The van der Waals surface area contributed by atoms with Crippen molar-refractivity contribution in [3.8, 4) is 0 Å². The minimum atomic E-state index is -3.53. The van der Waals surface area contributed by atoms with Crippen LogP contribution in [-0.2, 0) is 14.8 Å². The average Bonchev–Trinajstić information content (AvgIpc) is 2.30. The average molecular weight is 276 g/mol. The van der Waals surface area contributed by atoms with E-state index in [9.17, 15) is 13.2 Å². The van der Waals surface area contributed by atoms with Crippen LogP contribution in [0.5, 0.6) is 0 Å². The molecule has 0 aromatic heterocycles. The Morgan fingerprint density at radius 2 is 1.88 bits per heavy atom. The van der Waals surface area contributed by atoms with Gasteiger partial charge in [-0.3, -0.25) is 9.10 Å². The molecule has 0 aliphatic carbocycles. The Labute approximate surface area is 106 Å². The molecule has 0 saturated carbocycles. The number of carbonyl (C=O) groups excluding carboxylic acids is 1. The van der Waals surface area contributed by atoms with Crippen LogP contribution < -0.4 is 4.31 Å². The summed E-state index contributed by atoms with van der Waals surface area (Å²) < 4.78 is 25.0. The normalized spacial score (nSPS) is 13.1. The molecule has 4 nitrogen and oxygen atoms in total. The van der Waals surface area contributed by atoms with Crippen LogP contribution >= 0.6 is 11.6 Å². The van der Waals surface area contributed by atoms with Crippen LogP contribution in [-0.4, -0.2) is 25.5 Å². The molecular weight excluding hydrogens is 262 g/mol. The van der Waals surface area contributed by atoms with Crippen LogP contribution in [0, 0.1) is 0 Å². The van der Waals surface area contributed by atoms with Crippen LogP contribution in [0.1, 0.15) is 13.8 Å². The van der Waals surface area contributed by atoms with Crippen molar-refractivity contribution in [2.24, 2.45) is 0 Å². The van der Waals surface area contributed by atoms with Crippen molar-refractivity contribution in [2.45, 2.75) is 19.9 Å². The lowest BCUT2D eigenvalue weighted by Gasteiger charge is -2.27. The Kier molecular flexibility index (Phi) is 4.54. The second kappa shape index (κ2) is 5.51. The highest BCUT2D eigenvalue weighted by atomic mass is 35.5. The molecule has 1 rings (SSSR count). The largest absolute Gasteiger partial charge is 0.279 e. The molecule has 0 radical (unpaired) electrons. The van der Waals surface area contributed by atoms with E-state index >= 15 is 0 Å². The highest BCUT2D eigenvalue weighted by molar-refractivity contribution is 7.92. The number of halogens is 1. The maximum Gasteiger partial charge on any atom is 0.245 e. The topological polar surface area (TPSA) is 54.5 Å². The molecule has 0 aliphatic rings. The smallest absolute Gasteiger partial charge is 0.245 e. The standard InChI is InChI=1S/C11H14ClNO3S/c1-3-17(15,16)13(9(2)11(12)14)10-7-5-4-6-8-10/h4-9H,3H2,1-2H3. The number of sulfonamides is 1. The molecule has 0 saturated heterocycles. The quantitative estimate of drug-likeness (QED) is 0.773. The van der Waals surface area contributed by atoms with Gasteiger partial charge in [0.15, 0.2) is 0 Å². The number of rotatable bonds is 5. The molecule has 0 fully saturated rings. The Morgan fingerprint density at radius 1 is 1.35 bits per heavy atom. The fourth-order valence-electron chi connectivity index (χ4n) is 1.43. The van der Waals surface area contributed by atoms with E-state index in [2.05, 4.69) is 0 Å². The minimum absolute atomic E-state index is 0.0869. The summed E-state index contributed by atoms with van der Waals surface area (Å²) in [5.74, 6) is -0.0869. The summed E-state index contributed by atoms with van der Waals surface area (Å²) in [6, 6.07) is 7.53. The SMILES string of the molecule is CCS(=O)(=O)N(c1ccccc1)C(C)C(=O)Cl. The fourth-order valence-corrected chi connectivity index (χ4v) is 2.89. The van der Waals surface area contributed by atoms with Crippen molar-refractivity contribution in [3.63, 3.8) is 0 Å². The molecule has 1 aromatic rings. The molecule has 0 spiro atoms. The van der Waals surface area contributed by atoms with Crippen molar-refractivity contribution in [2.75, 3.05) is 10.1 Å². The zero-order valence-electron chi connectivity index (χ0n) is 9.63. The first kappa shape index (κ1) is 14.0. The molecule has 17 heavy (non-hydrogen) atoms. The highest BCUT2D eigenvalue weighted by Gasteiger charge is 2.29. The van der Waals surface area contributed by atoms with Crippen molar-refractivity contribution < 1.29 is 13.2 Å². The van der Waals surface area contributed by atoms with E-state index in [0.717, 1.165) is 4.31 Å². The molecule has 0 N–H and O–H groups in total. The van der Waals surface area contributed by atoms with Gasteiger partial charge in [-0.15, -0.1) is 0 Å². The third kappa shape index (κ3) is 3.20. The Hall–Kier alpha value is -1.07. The lowest BCUT2D eigenvalue weighted by atomic mass is 10.3. The predicted molar refractivity (Wildman–Crippen MR) is 68.7 cm³/mol. The minimum Gasteiger partial charge on any atom is -0.279 e. The van der Waals surface area contributed by atoms with E-state index in [0.29, 0.717) is 5.69 Å². The van der Waals surface area contributed by atoms with Gasteiger partial charge in [-0.1, -0.05) is 18.2 Å². The van der Waals surface area contributed by atoms with Gasteiger partial charge < -0.3 is 0 Å². The van der Waals surface area contributed by atoms with Gasteiger partial charge in [-0.25, -0.2) is 8.42 Å². The molecule has 0 bridgehead atoms. The zero-order valence-corrected chi connectivity index (χ0v) is 11.2. The van der Waals surface area contributed by atoms with Crippen LogP contribution in [0.15, 0.2) is 30.3 Å². The van der Waals surface area contributed by atoms with E-state index in [1.165, 1.54) is 13.8 Å². The van der Waals surface area contributed by atoms with Gasteiger partial charge in [0.2, 0.25) is 15.3 Å². The van der Waals surface area contributed by atoms with Crippen LogP contribution in [0.3, 0.4) is 0 Å². The number of anilines is 1. The number of hydrogen-bond donors (Lipinski definition) is 0. The van der Waals surface area contributed by atoms with Crippen LogP contribution in [0.2, 0.25) is 0 Å². The molecule has 94 valence electrons. The molecule has 0 heterocycles. The maximum absolute atomic E-state index is 12.0. The van der Waals surface area contributed by atoms with Gasteiger partial charge in [0.25, 0.3) is 0 Å². The first-order chi connectivity index (χ1) is 7.90. The van der Waals surface area contributed by atoms with Gasteiger partial charge in [0.1, 0.15) is 6.04 Å².